The molecule has 1 atom stereocenters. The number of carbonyl (C=O) groups is 2. The molecule has 0 aromatic heterocycles. The van der Waals surface area contributed by atoms with E-state index in [1.807, 2.05) is 0 Å². The van der Waals surface area contributed by atoms with E-state index in [1.165, 1.54) is 25.7 Å². The molecule has 0 aliphatic carbocycles. The molecule has 0 amide bonds. The molecule has 0 saturated carbocycles. The number of carbonyl (C=O) groups excluding carboxylic acids is 1. The van der Waals surface area contributed by atoms with Crippen molar-refractivity contribution in [3.8, 4) is 0 Å². The number of hydrogen-bond donors (Lipinski definition) is 1. The first-order valence-corrected chi connectivity index (χ1v) is 17.4. The first kappa shape index (κ1) is 40.4. The number of carboxylic acid groups (broad SMARTS) is 1. The highest BCUT2D eigenvalue weighted by atomic mass is 16.5. The van der Waals surface area contributed by atoms with Gasteiger partial charge in [-0.05, 0) is 77.0 Å². The van der Waals surface area contributed by atoms with Crippen molar-refractivity contribution >= 4 is 11.9 Å². The molecule has 0 bridgehead atoms. The van der Waals surface area contributed by atoms with E-state index in [0.717, 1.165) is 103 Å². The Bertz CT molecular complexity index is 815. The van der Waals surface area contributed by atoms with Crippen LogP contribution in [0, 0.1) is 0 Å². The lowest BCUT2D eigenvalue weighted by atomic mass is 10.0. The molecule has 0 aromatic carbocycles. The van der Waals surface area contributed by atoms with Gasteiger partial charge in [-0.1, -0.05) is 138 Å². The third-order valence-electron chi connectivity index (χ3n) is 7.21. The highest BCUT2D eigenvalue weighted by Gasteiger charge is 2.14. The van der Waals surface area contributed by atoms with E-state index in [2.05, 4.69) is 86.8 Å². The maximum Gasteiger partial charge on any atom is 0.306 e. The summed E-state index contributed by atoms with van der Waals surface area (Å²) >= 11 is 0. The van der Waals surface area contributed by atoms with E-state index in [-0.39, 0.29) is 18.5 Å². The van der Waals surface area contributed by atoms with Crippen LogP contribution in [0.1, 0.15) is 155 Å². The van der Waals surface area contributed by atoms with Crippen molar-refractivity contribution in [3.05, 3.63) is 72.9 Å². The van der Waals surface area contributed by atoms with Gasteiger partial charge in [0.1, 0.15) is 6.10 Å². The first-order chi connectivity index (χ1) is 21.1. The number of hydrogen-bond acceptors (Lipinski definition) is 3. The van der Waals surface area contributed by atoms with Crippen molar-refractivity contribution in [2.45, 2.75) is 161 Å². The SMILES string of the molecule is CC/C=C\C/C=C\C/C=C\C/C=C\C/C=C\C/C=C\CCC(=O)OC(CCCCCCC)CCCCCCCCC(=O)O. The lowest BCUT2D eigenvalue weighted by molar-refractivity contribution is -0.149. The molecule has 4 nitrogen and oxygen atoms in total. The summed E-state index contributed by atoms with van der Waals surface area (Å²) in [5, 5.41) is 8.73. The summed E-state index contributed by atoms with van der Waals surface area (Å²) in [5.74, 6) is -0.781. The largest absolute Gasteiger partial charge is 0.481 e. The van der Waals surface area contributed by atoms with Crippen molar-refractivity contribution in [2.75, 3.05) is 0 Å². The van der Waals surface area contributed by atoms with Crippen LogP contribution in [0.2, 0.25) is 0 Å². The number of rotatable bonds is 30. The summed E-state index contributed by atoms with van der Waals surface area (Å²) < 4.78 is 5.90. The average Bonchev–Trinajstić information content (AvgIpc) is 2.99. The zero-order chi connectivity index (χ0) is 31.5. The Labute approximate surface area is 265 Å². The maximum absolute atomic E-state index is 12.5. The van der Waals surface area contributed by atoms with E-state index >= 15 is 0 Å². The quantitative estimate of drug-likeness (QED) is 0.0509. The minimum absolute atomic E-state index is 0.0337. The summed E-state index contributed by atoms with van der Waals surface area (Å²) in [4.78, 5) is 23.1. The van der Waals surface area contributed by atoms with Gasteiger partial charge in [0.2, 0.25) is 0 Å². The van der Waals surface area contributed by atoms with E-state index in [1.54, 1.807) is 0 Å². The molecular weight excluding hydrogens is 532 g/mol. The highest BCUT2D eigenvalue weighted by Crippen LogP contribution is 2.18. The van der Waals surface area contributed by atoms with Gasteiger partial charge >= 0.3 is 11.9 Å². The fraction of sp³-hybridized carbons (Fsp3) is 0.641. The van der Waals surface area contributed by atoms with Crippen molar-refractivity contribution < 1.29 is 19.4 Å². The fourth-order valence-corrected chi connectivity index (χ4v) is 4.68. The van der Waals surface area contributed by atoms with Gasteiger partial charge < -0.3 is 9.84 Å². The van der Waals surface area contributed by atoms with Crippen LogP contribution in [0.3, 0.4) is 0 Å². The fourth-order valence-electron chi connectivity index (χ4n) is 4.68. The van der Waals surface area contributed by atoms with E-state index in [4.69, 9.17) is 9.84 Å². The molecule has 0 aliphatic rings. The summed E-state index contributed by atoms with van der Waals surface area (Å²) in [7, 11) is 0. The van der Waals surface area contributed by atoms with Gasteiger partial charge in [-0.15, -0.1) is 0 Å². The lowest BCUT2D eigenvalue weighted by Crippen LogP contribution is -2.18. The Morgan fingerprint density at radius 1 is 0.535 bits per heavy atom. The summed E-state index contributed by atoms with van der Waals surface area (Å²) in [6, 6.07) is 0. The smallest absolute Gasteiger partial charge is 0.306 e. The van der Waals surface area contributed by atoms with Gasteiger partial charge in [0.25, 0.3) is 0 Å². The predicted octanol–water partition coefficient (Wildman–Crippen LogP) is 11.9. The molecule has 0 saturated heterocycles. The second kappa shape index (κ2) is 33.9. The number of unbranched alkanes of at least 4 members (excludes halogenated alkanes) is 9. The van der Waals surface area contributed by atoms with E-state index in [9.17, 15) is 9.59 Å². The molecule has 43 heavy (non-hydrogen) atoms. The first-order valence-electron chi connectivity index (χ1n) is 17.4. The second-order valence-corrected chi connectivity index (χ2v) is 11.3. The minimum atomic E-state index is -0.704. The standard InChI is InChI=1S/C39H64O4/c1-3-5-7-9-10-11-12-13-14-15-16-17-18-19-20-21-22-28-32-36-39(42)43-37(33-29-25-8-6-4-2)34-30-26-23-24-27-31-35-38(40)41/h5,7,10-11,13-14,16-17,19-20,22,28,37H,3-4,6,8-9,12,15,18,21,23-27,29-36H2,1-2H3,(H,40,41)/b7-5-,11-10-,14-13-,17-16-,20-19-,28-22-. The summed E-state index contributed by atoms with van der Waals surface area (Å²) in [6.45, 7) is 4.38. The molecule has 0 spiro atoms. The molecule has 0 rings (SSSR count). The number of allylic oxidation sites excluding steroid dienone is 12. The van der Waals surface area contributed by atoms with Crippen LogP contribution >= 0.6 is 0 Å². The molecule has 0 fully saturated rings. The number of esters is 1. The number of carboxylic acids is 1. The Morgan fingerprint density at radius 3 is 1.42 bits per heavy atom. The Kier molecular flexibility index (Phi) is 31.8. The van der Waals surface area contributed by atoms with Crippen molar-refractivity contribution in [2.24, 2.45) is 0 Å². The van der Waals surface area contributed by atoms with Crippen LogP contribution < -0.4 is 0 Å². The van der Waals surface area contributed by atoms with Gasteiger partial charge in [0.05, 0.1) is 0 Å². The average molecular weight is 597 g/mol. The second-order valence-electron chi connectivity index (χ2n) is 11.3. The molecule has 0 aromatic rings. The normalized spacial score (nSPS) is 13.2. The maximum atomic E-state index is 12.5. The van der Waals surface area contributed by atoms with Gasteiger partial charge in [-0.25, -0.2) is 0 Å². The van der Waals surface area contributed by atoms with Crippen molar-refractivity contribution in [1.82, 2.24) is 0 Å². The molecular formula is C39H64O4. The van der Waals surface area contributed by atoms with Crippen molar-refractivity contribution in [1.29, 1.82) is 0 Å². The Balaban J connectivity index is 4.07. The molecule has 1 unspecified atom stereocenters. The zero-order valence-corrected chi connectivity index (χ0v) is 27.7. The monoisotopic (exact) mass is 596 g/mol. The van der Waals surface area contributed by atoms with Crippen LogP contribution in [0.25, 0.3) is 0 Å². The predicted molar refractivity (Wildman–Crippen MR) is 185 cm³/mol. The molecule has 1 N–H and O–H groups in total. The number of aliphatic carboxylic acids is 1. The van der Waals surface area contributed by atoms with Crippen LogP contribution in [-0.2, 0) is 14.3 Å². The van der Waals surface area contributed by atoms with Crippen molar-refractivity contribution in [3.63, 3.8) is 0 Å². The van der Waals surface area contributed by atoms with Gasteiger partial charge in [-0.3, -0.25) is 9.59 Å². The number of ether oxygens (including phenoxy) is 1. The van der Waals surface area contributed by atoms with E-state index in [0.29, 0.717) is 6.42 Å². The summed E-state index contributed by atoms with van der Waals surface area (Å²) in [5.41, 5.74) is 0. The van der Waals surface area contributed by atoms with Gasteiger partial charge in [0.15, 0.2) is 0 Å². The highest BCUT2D eigenvalue weighted by molar-refractivity contribution is 5.69. The molecule has 0 radical (unpaired) electrons. The molecule has 0 heterocycles. The third-order valence-corrected chi connectivity index (χ3v) is 7.21. The Morgan fingerprint density at radius 2 is 0.953 bits per heavy atom. The molecule has 244 valence electrons. The van der Waals surface area contributed by atoms with E-state index < -0.39 is 5.97 Å². The van der Waals surface area contributed by atoms with Crippen LogP contribution in [-0.4, -0.2) is 23.1 Å². The Hall–Kier alpha value is -2.62. The minimum Gasteiger partial charge on any atom is -0.481 e. The third kappa shape index (κ3) is 33.7. The molecule has 0 aliphatic heterocycles. The topological polar surface area (TPSA) is 63.6 Å². The van der Waals surface area contributed by atoms with Gasteiger partial charge in [0, 0.05) is 12.8 Å². The zero-order valence-electron chi connectivity index (χ0n) is 27.7. The summed E-state index contributed by atoms with van der Waals surface area (Å²) in [6.07, 6.45) is 47.8. The lowest BCUT2D eigenvalue weighted by Gasteiger charge is -2.18. The van der Waals surface area contributed by atoms with Gasteiger partial charge in [-0.2, -0.15) is 0 Å². The van der Waals surface area contributed by atoms with Crippen LogP contribution in [0.5, 0.6) is 0 Å². The van der Waals surface area contributed by atoms with Crippen LogP contribution in [0.15, 0.2) is 72.9 Å². The molecule has 4 heteroatoms. The van der Waals surface area contributed by atoms with Crippen LogP contribution in [0.4, 0.5) is 0 Å².